The molecule has 2 aliphatic rings. The van der Waals surface area contributed by atoms with Crippen molar-refractivity contribution in [2.24, 2.45) is 0 Å². The number of nitrogens with one attached hydrogen (secondary N) is 3. The van der Waals surface area contributed by atoms with Crippen molar-refractivity contribution in [2.45, 2.75) is 38.6 Å². The minimum absolute atomic E-state index is 0.0102. The van der Waals surface area contributed by atoms with Gasteiger partial charge in [0.05, 0.1) is 46.3 Å². The van der Waals surface area contributed by atoms with Gasteiger partial charge in [-0.3, -0.25) is 19.3 Å². The van der Waals surface area contributed by atoms with Crippen molar-refractivity contribution in [3.63, 3.8) is 0 Å². The first-order chi connectivity index (χ1) is 20.4. The Kier molecular flexibility index (Phi) is 11.0. The van der Waals surface area contributed by atoms with Crippen molar-refractivity contribution in [3.8, 4) is 28.4 Å². The van der Waals surface area contributed by atoms with Gasteiger partial charge in [-0.2, -0.15) is 0 Å². The number of benzene rings is 1. The van der Waals surface area contributed by atoms with Crippen LogP contribution >= 0.6 is 0 Å². The van der Waals surface area contributed by atoms with Gasteiger partial charge in [0.25, 0.3) is 0 Å². The summed E-state index contributed by atoms with van der Waals surface area (Å²) in [6, 6.07) is 6.76. The van der Waals surface area contributed by atoms with Crippen LogP contribution in [0.25, 0.3) is 11.1 Å². The Bertz CT molecular complexity index is 1330. The molecule has 4 rings (SSSR count). The highest BCUT2D eigenvalue weighted by molar-refractivity contribution is 5.83. The number of carbonyl (C=O) groups is 2. The smallest absolute Gasteiger partial charge is 0.220 e. The maximum absolute atomic E-state index is 13.4. The summed E-state index contributed by atoms with van der Waals surface area (Å²) < 4.78 is 22.4. The number of aryl methyl sites for hydroxylation is 1. The molecule has 2 aromatic carbocycles. The van der Waals surface area contributed by atoms with Crippen LogP contribution in [-0.4, -0.2) is 84.0 Å². The van der Waals surface area contributed by atoms with Crippen molar-refractivity contribution in [1.29, 1.82) is 0 Å². The second-order valence-corrected chi connectivity index (χ2v) is 10.4. The number of carbonyl (C=O) groups excluding carboxylic acids is 2. The number of morpholine rings is 1. The first-order valence-electron chi connectivity index (χ1n) is 14.4. The lowest BCUT2D eigenvalue weighted by Crippen LogP contribution is -2.41. The molecular formula is C31H42N4O7. The normalized spacial score (nSPS) is 16.3. The summed E-state index contributed by atoms with van der Waals surface area (Å²) in [4.78, 5) is 40.1. The van der Waals surface area contributed by atoms with Crippen molar-refractivity contribution < 1.29 is 28.5 Å². The van der Waals surface area contributed by atoms with Crippen LogP contribution in [0, 0.1) is 0 Å². The summed E-state index contributed by atoms with van der Waals surface area (Å²) in [5.74, 6) is 1.32. The summed E-state index contributed by atoms with van der Waals surface area (Å²) in [5.41, 5.74) is 3.44. The van der Waals surface area contributed by atoms with E-state index in [1.54, 1.807) is 33.5 Å². The zero-order chi connectivity index (χ0) is 30.1. The Morgan fingerprint density at radius 3 is 2.48 bits per heavy atom. The molecule has 2 aromatic rings. The first-order valence-corrected chi connectivity index (χ1v) is 14.4. The molecule has 42 heavy (non-hydrogen) atoms. The van der Waals surface area contributed by atoms with Gasteiger partial charge in [-0.25, -0.2) is 0 Å². The fraction of sp³-hybridized carbons (Fsp3) is 0.516. The van der Waals surface area contributed by atoms with E-state index in [9.17, 15) is 14.4 Å². The first kappa shape index (κ1) is 31.1. The zero-order valence-corrected chi connectivity index (χ0v) is 25.0. The van der Waals surface area contributed by atoms with Crippen LogP contribution in [0.2, 0.25) is 0 Å². The molecule has 0 spiro atoms. The quantitative estimate of drug-likeness (QED) is 0.324. The predicted octanol–water partition coefficient (Wildman–Crippen LogP) is 2.50. The number of nitrogens with zero attached hydrogens (tertiary/aromatic N) is 1. The van der Waals surface area contributed by atoms with Gasteiger partial charge >= 0.3 is 0 Å². The Hall–Kier alpha value is -3.83. The van der Waals surface area contributed by atoms with Crippen LogP contribution < -0.4 is 35.6 Å². The second kappa shape index (κ2) is 14.9. The van der Waals surface area contributed by atoms with Crippen LogP contribution in [0.4, 0.5) is 5.69 Å². The van der Waals surface area contributed by atoms with Gasteiger partial charge in [0.15, 0.2) is 11.5 Å². The van der Waals surface area contributed by atoms with Gasteiger partial charge in [-0.05, 0) is 54.2 Å². The SMILES string of the molecule is COc1cc2c(c(OC)c1OC)-c1ccc(NCCCC(=O)NCCN3CCOCC3)c(=O)cc1[C@H](NC(C)=O)CC2. The highest BCUT2D eigenvalue weighted by atomic mass is 16.5. The molecule has 0 saturated carbocycles. The van der Waals surface area contributed by atoms with Crippen LogP contribution in [-0.2, 0) is 20.7 Å². The molecule has 1 aliphatic heterocycles. The van der Waals surface area contributed by atoms with E-state index in [0.29, 0.717) is 67.3 Å². The minimum atomic E-state index is -0.374. The van der Waals surface area contributed by atoms with E-state index >= 15 is 0 Å². The summed E-state index contributed by atoms with van der Waals surface area (Å²) in [5, 5.41) is 9.19. The highest BCUT2D eigenvalue weighted by Crippen LogP contribution is 2.50. The van der Waals surface area contributed by atoms with Gasteiger partial charge in [-0.1, -0.05) is 6.07 Å². The third-order valence-electron chi connectivity index (χ3n) is 7.67. The highest BCUT2D eigenvalue weighted by Gasteiger charge is 2.29. The van der Waals surface area contributed by atoms with Crippen molar-refractivity contribution >= 4 is 17.5 Å². The average molecular weight is 583 g/mol. The number of rotatable bonds is 12. The molecule has 228 valence electrons. The Morgan fingerprint density at radius 2 is 1.79 bits per heavy atom. The van der Waals surface area contributed by atoms with Gasteiger partial charge in [0.1, 0.15) is 0 Å². The molecule has 11 heteroatoms. The molecule has 1 fully saturated rings. The van der Waals surface area contributed by atoms with E-state index in [1.165, 1.54) is 6.92 Å². The molecule has 11 nitrogen and oxygen atoms in total. The van der Waals surface area contributed by atoms with Crippen LogP contribution in [0.15, 0.2) is 29.1 Å². The Morgan fingerprint density at radius 1 is 1.02 bits per heavy atom. The average Bonchev–Trinajstić information content (AvgIpc) is 3.23. The third-order valence-corrected chi connectivity index (χ3v) is 7.67. The van der Waals surface area contributed by atoms with Crippen LogP contribution in [0.1, 0.15) is 43.4 Å². The third kappa shape index (κ3) is 7.51. The molecule has 3 N–H and O–H groups in total. The number of hydrogen-bond acceptors (Lipinski definition) is 9. The van der Waals surface area contributed by atoms with E-state index in [2.05, 4.69) is 20.9 Å². The summed E-state index contributed by atoms with van der Waals surface area (Å²) >= 11 is 0. The number of anilines is 1. The Labute approximate surface area is 246 Å². The minimum Gasteiger partial charge on any atom is -0.493 e. The molecule has 2 amide bonds. The van der Waals surface area contributed by atoms with E-state index in [-0.39, 0.29) is 23.3 Å². The number of hydrogen-bond donors (Lipinski definition) is 3. The van der Waals surface area contributed by atoms with Gasteiger partial charge in [0.2, 0.25) is 23.0 Å². The van der Waals surface area contributed by atoms with Gasteiger partial charge in [-0.15, -0.1) is 0 Å². The Balaban J connectivity index is 1.52. The molecule has 1 heterocycles. The molecule has 1 aliphatic carbocycles. The summed E-state index contributed by atoms with van der Waals surface area (Å²) in [7, 11) is 4.70. The molecule has 1 saturated heterocycles. The molecule has 0 unspecified atom stereocenters. The monoisotopic (exact) mass is 582 g/mol. The van der Waals surface area contributed by atoms with Crippen molar-refractivity contribution in [2.75, 3.05) is 72.6 Å². The summed E-state index contributed by atoms with van der Waals surface area (Å²) in [6.07, 6.45) is 2.15. The fourth-order valence-electron chi connectivity index (χ4n) is 5.59. The molecule has 1 atom stereocenters. The van der Waals surface area contributed by atoms with Gasteiger partial charge < -0.3 is 34.9 Å². The second-order valence-electron chi connectivity index (χ2n) is 10.4. The fourth-order valence-corrected chi connectivity index (χ4v) is 5.59. The lowest BCUT2D eigenvalue weighted by Gasteiger charge is -2.26. The summed E-state index contributed by atoms with van der Waals surface area (Å²) in [6.45, 7) is 6.59. The molecule has 0 aromatic heterocycles. The van der Waals surface area contributed by atoms with E-state index in [0.717, 1.165) is 49.5 Å². The lowest BCUT2D eigenvalue weighted by molar-refractivity contribution is -0.121. The number of ether oxygens (including phenoxy) is 4. The van der Waals surface area contributed by atoms with E-state index in [1.807, 2.05) is 12.1 Å². The molecular weight excluding hydrogens is 540 g/mol. The van der Waals surface area contributed by atoms with Crippen LogP contribution in [0.3, 0.4) is 0 Å². The maximum atomic E-state index is 13.4. The maximum Gasteiger partial charge on any atom is 0.220 e. The largest absolute Gasteiger partial charge is 0.493 e. The number of fused-ring (bicyclic) bond motifs is 3. The zero-order valence-electron chi connectivity index (χ0n) is 25.0. The molecule has 0 bridgehead atoms. The van der Waals surface area contributed by atoms with Crippen molar-refractivity contribution in [3.05, 3.63) is 45.6 Å². The number of methoxy groups -OCH3 is 3. The van der Waals surface area contributed by atoms with Gasteiger partial charge in [0, 0.05) is 51.6 Å². The lowest BCUT2D eigenvalue weighted by atomic mass is 9.95. The van der Waals surface area contributed by atoms with Crippen LogP contribution in [0.5, 0.6) is 17.2 Å². The van der Waals surface area contributed by atoms with E-state index < -0.39 is 0 Å². The topological polar surface area (TPSA) is 127 Å². The molecule has 0 radical (unpaired) electrons. The van der Waals surface area contributed by atoms with Crippen molar-refractivity contribution in [1.82, 2.24) is 15.5 Å². The predicted molar refractivity (Wildman–Crippen MR) is 161 cm³/mol. The number of amides is 2. The standard InChI is InChI=1S/C31H42N4O7/c1-20(36)34-24-9-7-21-18-27(39-2)30(40-3)31(41-4)29(21)22-8-10-25(26(37)19-23(22)24)32-11-5-6-28(38)33-12-13-35-14-16-42-17-15-35/h8,10,18-19,24H,5-7,9,11-17H2,1-4H3,(H,32,37)(H,33,38)(H,34,36)/t24-/m1/s1. The van der Waals surface area contributed by atoms with E-state index in [4.69, 9.17) is 18.9 Å².